The number of carbonyl (C=O) groups is 1. The average molecular weight is 313 g/mol. The lowest BCUT2D eigenvalue weighted by molar-refractivity contribution is 0.0701. The summed E-state index contributed by atoms with van der Waals surface area (Å²) in [5.41, 5.74) is 6.20. The molecule has 0 radical (unpaired) electrons. The number of carboxylic acid groups (broad SMARTS) is 1. The van der Waals surface area contributed by atoms with Gasteiger partial charge >= 0.3 is 5.97 Å². The molecule has 0 saturated heterocycles. The SMILES string of the molecule is Cc1nc(NS(=O)(=O)c2ccc(N)cc2)sc1C(=O)O. The quantitative estimate of drug-likeness (QED) is 0.736. The zero-order valence-electron chi connectivity index (χ0n) is 10.3. The van der Waals surface area contributed by atoms with Crippen LogP contribution in [0, 0.1) is 6.92 Å². The molecule has 1 heterocycles. The van der Waals surface area contributed by atoms with Gasteiger partial charge in [0.15, 0.2) is 5.13 Å². The van der Waals surface area contributed by atoms with Crippen molar-refractivity contribution in [1.29, 1.82) is 0 Å². The summed E-state index contributed by atoms with van der Waals surface area (Å²) in [6.45, 7) is 1.50. The Bertz CT molecular complexity index is 750. The van der Waals surface area contributed by atoms with Crippen LogP contribution in [-0.4, -0.2) is 24.5 Å². The van der Waals surface area contributed by atoms with E-state index in [0.29, 0.717) is 5.69 Å². The van der Waals surface area contributed by atoms with Crippen LogP contribution in [0.1, 0.15) is 15.4 Å². The number of nitrogens with one attached hydrogen (secondary N) is 1. The van der Waals surface area contributed by atoms with Crippen molar-refractivity contribution in [3.05, 3.63) is 34.8 Å². The van der Waals surface area contributed by atoms with E-state index in [1.165, 1.54) is 31.2 Å². The van der Waals surface area contributed by atoms with Gasteiger partial charge in [0, 0.05) is 5.69 Å². The van der Waals surface area contributed by atoms with Crippen LogP contribution in [0.25, 0.3) is 0 Å². The normalized spacial score (nSPS) is 11.2. The van der Waals surface area contributed by atoms with Crippen LogP contribution in [0.2, 0.25) is 0 Å². The molecule has 106 valence electrons. The molecular formula is C11H11N3O4S2. The maximum atomic E-state index is 12.1. The van der Waals surface area contributed by atoms with Crippen molar-refractivity contribution in [1.82, 2.24) is 4.98 Å². The number of benzene rings is 1. The summed E-state index contributed by atoms with van der Waals surface area (Å²) in [7, 11) is -3.81. The van der Waals surface area contributed by atoms with Crippen molar-refractivity contribution in [3.63, 3.8) is 0 Å². The fourth-order valence-corrected chi connectivity index (χ4v) is 3.50. The van der Waals surface area contributed by atoms with Crippen LogP contribution < -0.4 is 10.5 Å². The van der Waals surface area contributed by atoms with Gasteiger partial charge in [-0.05, 0) is 31.2 Å². The molecule has 0 aliphatic rings. The van der Waals surface area contributed by atoms with Gasteiger partial charge in [-0.25, -0.2) is 18.2 Å². The summed E-state index contributed by atoms with van der Waals surface area (Å²) in [4.78, 5) is 14.8. The number of carboxylic acids is 1. The number of sulfonamides is 1. The van der Waals surface area contributed by atoms with Crippen molar-refractivity contribution in [2.75, 3.05) is 10.5 Å². The number of aromatic nitrogens is 1. The van der Waals surface area contributed by atoms with E-state index < -0.39 is 16.0 Å². The fraction of sp³-hybridized carbons (Fsp3) is 0.0909. The van der Waals surface area contributed by atoms with Crippen molar-refractivity contribution < 1.29 is 18.3 Å². The molecule has 0 saturated carbocycles. The van der Waals surface area contributed by atoms with Gasteiger partial charge in [-0.2, -0.15) is 0 Å². The first-order valence-corrected chi connectivity index (χ1v) is 7.68. The molecule has 1 aromatic heterocycles. The molecule has 0 unspecified atom stereocenters. The number of nitrogen functional groups attached to an aromatic ring is 1. The number of aromatic carboxylic acids is 1. The molecule has 4 N–H and O–H groups in total. The van der Waals surface area contributed by atoms with Crippen LogP contribution >= 0.6 is 11.3 Å². The number of hydrogen-bond acceptors (Lipinski definition) is 6. The maximum Gasteiger partial charge on any atom is 0.347 e. The van der Waals surface area contributed by atoms with Crippen LogP contribution in [0.15, 0.2) is 29.2 Å². The van der Waals surface area contributed by atoms with Crippen molar-refractivity contribution in [2.45, 2.75) is 11.8 Å². The van der Waals surface area contributed by atoms with Crippen LogP contribution in [-0.2, 0) is 10.0 Å². The highest BCUT2D eigenvalue weighted by molar-refractivity contribution is 7.93. The minimum atomic E-state index is -3.81. The lowest BCUT2D eigenvalue weighted by atomic mass is 10.3. The number of rotatable bonds is 4. The number of anilines is 2. The summed E-state index contributed by atoms with van der Waals surface area (Å²) >= 11 is 0.767. The molecule has 2 aromatic rings. The van der Waals surface area contributed by atoms with Crippen LogP contribution in [0.5, 0.6) is 0 Å². The maximum absolute atomic E-state index is 12.1. The zero-order chi connectivity index (χ0) is 14.9. The average Bonchev–Trinajstić information content (AvgIpc) is 2.70. The fourth-order valence-electron chi connectivity index (χ4n) is 1.46. The Morgan fingerprint density at radius 2 is 1.95 bits per heavy atom. The number of thiazole rings is 1. The molecule has 9 heteroatoms. The summed E-state index contributed by atoms with van der Waals surface area (Å²) in [6, 6.07) is 5.64. The van der Waals surface area contributed by atoms with E-state index in [2.05, 4.69) is 9.71 Å². The lowest BCUT2D eigenvalue weighted by Gasteiger charge is -2.04. The van der Waals surface area contributed by atoms with Crippen LogP contribution in [0.4, 0.5) is 10.8 Å². The molecule has 1 aromatic carbocycles. The summed E-state index contributed by atoms with van der Waals surface area (Å²) in [5.74, 6) is -1.14. The van der Waals surface area contributed by atoms with E-state index in [1.807, 2.05) is 0 Å². The highest BCUT2D eigenvalue weighted by Gasteiger charge is 2.19. The minimum Gasteiger partial charge on any atom is -0.477 e. The molecular weight excluding hydrogens is 302 g/mol. The van der Waals surface area contributed by atoms with Gasteiger partial charge in [-0.1, -0.05) is 11.3 Å². The largest absolute Gasteiger partial charge is 0.477 e. The zero-order valence-corrected chi connectivity index (χ0v) is 12.0. The molecule has 0 aliphatic carbocycles. The van der Waals surface area contributed by atoms with Crippen molar-refractivity contribution in [3.8, 4) is 0 Å². The monoisotopic (exact) mass is 313 g/mol. The molecule has 0 aliphatic heterocycles. The van der Waals surface area contributed by atoms with Gasteiger partial charge in [0.2, 0.25) is 0 Å². The van der Waals surface area contributed by atoms with Gasteiger partial charge in [-0.3, -0.25) is 4.72 Å². The summed E-state index contributed by atoms with van der Waals surface area (Å²) < 4.78 is 26.4. The third-order valence-corrected chi connectivity index (χ3v) is 4.95. The molecule has 20 heavy (non-hydrogen) atoms. The van der Waals surface area contributed by atoms with Gasteiger partial charge in [-0.15, -0.1) is 0 Å². The predicted octanol–water partition coefficient (Wildman–Crippen LogP) is 1.53. The number of nitrogens with zero attached hydrogens (tertiary/aromatic N) is 1. The van der Waals surface area contributed by atoms with E-state index in [4.69, 9.17) is 10.8 Å². The van der Waals surface area contributed by atoms with Gasteiger partial charge < -0.3 is 10.8 Å². The van der Waals surface area contributed by atoms with Gasteiger partial charge in [0.05, 0.1) is 10.6 Å². The Kier molecular flexibility index (Phi) is 3.64. The number of hydrogen-bond donors (Lipinski definition) is 3. The van der Waals surface area contributed by atoms with Crippen molar-refractivity contribution in [2.24, 2.45) is 0 Å². The van der Waals surface area contributed by atoms with Crippen LogP contribution in [0.3, 0.4) is 0 Å². The first-order valence-electron chi connectivity index (χ1n) is 5.38. The lowest BCUT2D eigenvalue weighted by Crippen LogP contribution is -2.12. The predicted molar refractivity (Wildman–Crippen MR) is 75.5 cm³/mol. The Hall–Kier alpha value is -2.13. The second-order valence-electron chi connectivity index (χ2n) is 3.91. The molecule has 2 rings (SSSR count). The van der Waals surface area contributed by atoms with Gasteiger partial charge in [0.1, 0.15) is 4.88 Å². The summed E-state index contributed by atoms with van der Waals surface area (Å²) in [5, 5.41) is 8.92. The third kappa shape index (κ3) is 2.89. The molecule has 7 nitrogen and oxygen atoms in total. The molecule has 0 fully saturated rings. The second-order valence-corrected chi connectivity index (χ2v) is 6.59. The first kappa shape index (κ1) is 14.3. The highest BCUT2D eigenvalue weighted by Crippen LogP contribution is 2.25. The first-order chi connectivity index (χ1) is 9.29. The Morgan fingerprint density at radius 3 is 2.45 bits per heavy atom. The summed E-state index contributed by atoms with van der Waals surface area (Å²) in [6.07, 6.45) is 0. The highest BCUT2D eigenvalue weighted by atomic mass is 32.2. The molecule has 0 bridgehead atoms. The Labute approximate surface area is 119 Å². The van der Waals surface area contributed by atoms with E-state index >= 15 is 0 Å². The standard InChI is InChI=1S/C11H11N3O4S2/c1-6-9(10(15)16)19-11(13-6)14-20(17,18)8-4-2-7(12)3-5-8/h2-5H,12H2,1H3,(H,13,14)(H,15,16). The smallest absolute Gasteiger partial charge is 0.347 e. The Morgan fingerprint density at radius 1 is 1.35 bits per heavy atom. The van der Waals surface area contributed by atoms with Crippen molar-refractivity contribution >= 4 is 38.1 Å². The second kappa shape index (κ2) is 5.10. The van der Waals surface area contributed by atoms with E-state index in [9.17, 15) is 13.2 Å². The third-order valence-electron chi connectivity index (χ3n) is 2.40. The van der Waals surface area contributed by atoms with E-state index in [1.54, 1.807) is 0 Å². The topological polar surface area (TPSA) is 122 Å². The van der Waals surface area contributed by atoms with Gasteiger partial charge in [0.25, 0.3) is 10.0 Å². The molecule has 0 atom stereocenters. The van der Waals surface area contributed by atoms with E-state index in [-0.39, 0.29) is 20.6 Å². The van der Waals surface area contributed by atoms with E-state index in [0.717, 1.165) is 11.3 Å². The minimum absolute atomic E-state index is 0.00000567. The number of aryl methyl sites for hydroxylation is 1. The number of nitrogens with two attached hydrogens (primary N) is 1. The Balaban J connectivity index is 2.31. The molecule has 0 amide bonds. The molecule has 0 spiro atoms.